The Labute approximate surface area is 80.2 Å². The maximum atomic E-state index is 10.4. The first kappa shape index (κ1) is 8.96. The van der Waals surface area contributed by atoms with E-state index in [2.05, 4.69) is 5.18 Å². The highest BCUT2D eigenvalue weighted by molar-refractivity contribution is 5.60. The number of para-hydroxylation sites is 1. The van der Waals surface area contributed by atoms with Gasteiger partial charge in [0.1, 0.15) is 6.61 Å². The Bertz CT molecular complexity index is 353. The van der Waals surface area contributed by atoms with Crippen LogP contribution in [0.1, 0.15) is 0 Å². The summed E-state index contributed by atoms with van der Waals surface area (Å²) in [4.78, 5) is 10.4. The van der Waals surface area contributed by atoms with Crippen LogP contribution in [0.15, 0.2) is 23.4 Å². The summed E-state index contributed by atoms with van der Waals surface area (Å²) in [6, 6.07) is 4.89. The molecule has 5 nitrogen and oxygen atoms in total. The molecule has 1 aliphatic rings. The molecule has 1 N–H and O–H groups in total. The summed E-state index contributed by atoms with van der Waals surface area (Å²) in [6.45, 7) is 0.137. The van der Waals surface area contributed by atoms with Crippen molar-refractivity contribution in [2.75, 3.05) is 13.2 Å². The number of nitrogens with zero attached hydrogens (tertiary/aromatic N) is 1. The van der Waals surface area contributed by atoms with Gasteiger partial charge in [-0.2, -0.15) is 0 Å². The number of fused-ring (bicyclic) bond motifs is 1. The third-order valence-electron chi connectivity index (χ3n) is 1.97. The Kier molecular flexibility index (Phi) is 2.32. The van der Waals surface area contributed by atoms with E-state index in [0.717, 1.165) is 0 Å². The highest BCUT2D eigenvalue weighted by atomic mass is 16.6. The average molecular weight is 195 g/mol. The van der Waals surface area contributed by atoms with Gasteiger partial charge >= 0.3 is 0 Å². The fourth-order valence-electron chi connectivity index (χ4n) is 1.28. The van der Waals surface area contributed by atoms with Crippen LogP contribution in [0.3, 0.4) is 0 Å². The average Bonchev–Trinajstić information content (AvgIpc) is 2.27. The molecule has 0 aliphatic carbocycles. The molecule has 1 atom stereocenters. The Balaban J connectivity index is 2.37. The van der Waals surface area contributed by atoms with E-state index >= 15 is 0 Å². The number of rotatable bonds is 2. The minimum atomic E-state index is -0.426. The first-order valence-corrected chi connectivity index (χ1v) is 4.22. The van der Waals surface area contributed by atoms with Gasteiger partial charge in [-0.25, -0.2) is 0 Å². The highest BCUT2D eigenvalue weighted by Crippen LogP contribution is 2.39. The normalized spacial score (nSPS) is 19.1. The van der Waals surface area contributed by atoms with Crippen molar-refractivity contribution in [3.05, 3.63) is 23.1 Å². The van der Waals surface area contributed by atoms with Crippen molar-refractivity contribution in [3.8, 4) is 11.5 Å². The third-order valence-corrected chi connectivity index (χ3v) is 1.97. The molecule has 0 amide bonds. The highest BCUT2D eigenvalue weighted by Gasteiger charge is 2.23. The van der Waals surface area contributed by atoms with Crippen LogP contribution in [0.25, 0.3) is 0 Å². The van der Waals surface area contributed by atoms with Crippen LogP contribution < -0.4 is 9.47 Å². The van der Waals surface area contributed by atoms with Crippen molar-refractivity contribution in [3.63, 3.8) is 0 Å². The summed E-state index contributed by atoms with van der Waals surface area (Å²) < 4.78 is 10.6. The molecule has 0 radical (unpaired) electrons. The first-order chi connectivity index (χ1) is 6.85. The van der Waals surface area contributed by atoms with Gasteiger partial charge in [0.15, 0.2) is 23.3 Å². The van der Waals surface area contributed by atoms with E-state index in [4.69, 9.17) is 14.6 Å². The second-order valence-electron chi connectivity index (χ2n) is 2.93. The largest absolute Gasteiger partial charge is 0.486 e. The van der Waals surface area contributed by atoms with Crippen molar-refractivity contribution in [2.45, 2.75) is 6.10 Å². The molecule has 74 valence electrons. The van der Waals surface area contributed by atoms with Crippen molar-refractivity contribution in [2.24, 2.45) is 5.18 Å². The quantitative estimate of drug-likeness (QED) is 0.720. The maximum Gasteiger partial charge on any atom is 0.191 e. The lowest BCUT2D eigenvalue weighted by Gasteiger charge is -2.25. The van der Waals surface area contributed by atoms with E-state index in [9.17, 15) is 4.91 Å². The number of hydrogen-bond donors (Lipinski definition) is 1. The van der Waals surface area contributed by atoms with Gasteiger partial charge in [0.05, 0.1) is 6.61 Å². The molecule has 0 aromatic heterocycles. The summed E-state index contributed by atoms with van der Waals surface area (Å²) in [6.07, 6.45) is -0.426. The summed E-state index contributed by atoms with van der Waals surface area (Å²) in [5.41, 5.74) is 0.195. The molecule has 0 saturated carbocycles. The molecular weight excluding hydrogens is 186 g/mol. The number of aliphatic hydroxyl groups excluding tert-OH is 1. The van der Waals surface area contributed by atoms with E-state index in [1.54, 1.807) is 12.1 Å². The number of ether oxygens (including phenoxy) is 2. The molecule has 0 fully saturated rings. The second kappa shape index (κ2) is 3.63. The van der Waals surface area contributed by atoms with Crippen LogP contribution in [0.4, 0.5) is 5.69 Å². The van der Waals surface area contributed by atoms with Crippen molar-refractivity contribution < 1.29 is 14.6 Å². The molecule has 0 bridgehead atoms. The fraction of sp³-hybridized carbons (Fsp3) is 0.333. The second-order valence-corrected chi connectivity index (χ2v) is 2.93. The van der Waals surface area contributed by atoms with Crippen molar-refractivity contribution >= 4 is 5.69 Å². The van der Waals surface area contributed by atoms with Gasteiger partial charge in [0, 0.05) is 0 Å². The van der Waals surface area contributed by atoms with Crippen LogP contribution in [0.5, 0.6) is 11.5 Å². The van der Waals surface area contributed by atoms with Crippen LogP contribution in [-0.4, -0.2) is 24.4 Å². The van der Waals surface area contributed by atoms with E-state index in [1.807, 2.05) is 0 Å². The van der Waals surface area contributed by atoms with Gasteiger partial charge in [-0.3, -0.25) is 0 Å². The van der Waals surface area contributed by atoms with E-state index < -0.39 is 6.10 Å². The summed E-state index contributed by atoms with van der Waals surface area (Å²) in [7, 11) is 0. The molecule has 0 saturated heterocycles. The van der Waals surface area contributed by atoms with Gasteiger partial charge in [-0.15, -0.1) is 4.91 Å². The zero-order valence-corrected chi connectivity index (χ0v) is 7.34. The smallest absolute Gasteiger partial charge is 0.191 e. The Morgan fingerprint density at radius 3 is 3.14 bits per heavy atom. The van der Waals surface area contributed by atoms with Gasteiger partial charge in [0.25, 0.3) is 0 Å². The van der Waals surface area contributed by atoms with Gasteiger partial charge in [-0.05, 0) is 17.3 Å². The van der Waals surface area contributed by atoms with Crippen LogP contribution in [0, 0.1) is 4.91 Å². The molecule has 0 spiro atoms. The molecule has 1 aromatic carbocycles. The van der Waals surface area contributed by atoms with Crippen LogP contribution >= 0.6 is 0 Å². The Morgan fingerprint density at radius 1 is 1.57 bits per heavy atom. The lowest BCUT2D eigenvalue weighted by atomic mass is 10.2. The Hall–Kier alpha value is -1.62. The zero-order valence-electron chi connectivity index (χ0n) is 7.34. The van der Waals surface area contributed by atoms with Crippen LogP contribution in [-0.2, 0) is 0 Å². The molecular formula is C9H9NO4. The van der Waals surface area contributed by atoms with E-state index in [-0.39, 0.29) is 18.9 Å². The predicted octanol–water partition coefficient (Wildman–Crippen LogP) is 1.22. The topological polar surface area (TPSA) is 68.1 Å². The molecule has 1 unspecified atom stereocenters. The van der Waals surface area contributed by atoms with Crippen molar-refractivity contribution in [1.82, 2.24) is 0 Å². The van der Waals surface area contributed by atoms with Gasteiger partial charge in [0.2, 0.25) is 0 Å². The third kappa shape index (κ3) is 1.42. The number of aliphatic hydroxyl groups is 1. The number of nitroso groups, excluding NO2 is 1. The summed E-state index contributed by atoms with van der Waals surface area (Å²) in [5.74, 6) is 0.805. The number of hydrogen-bond acceptors (Lipinski definition) is 5. The Morgan fingerprint density at radius 2 is 2.43 bits per heavy atom. The molecule has 2 rings (SSSR count). The molecule has 14 heavy (non-hydrogen) atoms. The number of benzene rings is 1. The molecule has 1 heterocycles. The summed E-state index contributed by atoms with van der Waals surface area (Å²) in [5, 5.41) is 11.7. The predicted molar refractivity (Wildman–Crippen MR) is 48.9 cm³/mol. The molecule has 1 aromatic rings. The molecule has 5 heteroatoms. The van der Waals surface area contributed by atoms with E-state index in [0.29, 0.717) is 11.5 Å². The lowest BCUT2D eigenvalue weighted by molar-refractivity contribution is 0.0462. The molecule has 1 aliphatic heterocycles. The van der Waals surface area contributed by atoms with Crippen molar-refractivity contribution in [1.29, 1.82) is 0 Å². The standard InChI is InChI=1S/C9H9NO4/c11-4-6-5-13-8-3-1-2-7(10-12)9(8)14-6/h1-3,6,11H,4-5H2. The minimum absolute atomic E-state index is 0.146. The van der Waals surface area contributed by atoms with E-state index in [1.165, 1.54) is 6.07 Å². The first-order valence-electron chi connectivity index (χ1n) is 4.22. The van der Waals surface area contributed by atoms with Gasteiger partial charge in [-0.1, -0.05) is 6.07 Å². The fourth-order valence-corrected chi connectivity index (χ4v) is 1.28. The lowest BCUT2D eigenvalue weighted by Crippen LogP contribution is -2.32. The van der Waals surface area contributed by atoms with Gasteiger partial charge < -0.3 is 14.6 Å². The summed E-state index contributed by atoms with van der Waals surface area (Å²) >= 11 is 0. The minimum Gasteiger partial charge on any atom is -0.486 e. The van der Waals surface area contributed by atoms with Crippen LogP contribution in [0.2, 0.25) is 0 Å². The SMILES string of the molecule is O=Nc1cccc2c1OC(CO)CO2. The maximum absolute atomic E-state index is 10.4. The zero-order chi connectivity index (χ0) is 9.97. The monoisotopic (exact) mass is 195 g/mol.